The fourth-order valence-electron chi connectivity index (χ4n) is 1.09. The zero-order valence-electron chi connectivity index (χ0n) is 8.99. The van der Waals surface area contributed by atoms with Crippen molar-refractivity contribution in [3.05, 3.63) is 33.9 Å². The normalized spacial score (nSPS) is 10.4. The molecule has 0 saturated carbocycles. The van der Waals surface area contributed by atoms with Gasteiger partial charge in [-0.05, 0) is 13.0 Å². The summed E-state index contributed by atoms with van der Waals surface area (Å²) >= 11 is 0. The first-order valence-electron chi connectivity index (χ1n) is 4.72. The third-order valence-electron chi connectivity index (χ3n) is 1.85. The zero-order valence-corrected chi connectivity index (χ0v) is 8.99. The SMILES string of the molecule is CCOC=Nc1ccc([N+](=O)[O-])cc1C(=O)O. The first-order valence-corrected chi connectivity index (χ1v) is 4.72. The summed E-state index contributed by atoms with van der Waals surface area (Å²) in [6, 6.07) is 3.41. The maximum absolute atomic E-state index is 10.9. The molecule has 7 heteroatoms. The van der Waals surface area contributed by atoms with E-state index in [0.717, 1.165) is 12.5 Å². The molecule has 90 valence electrons. The van der Waals surface area contributed by atoms with Crippen LogP contribution in [-0.4, -0.2) is 29.0 Å². The molecule has 0 aliphatic carbocycles. The molecule has 1 rings (SSSR count). The molecule has 0 spiro atoms. The van der Waals surface area contributed by atoms with Crippen molar-refractivity contribution in [2.75, 3.05) is 6.61 Å². The monoisotopic (exact) mass is 238 g/mol. The van der Waals surface area contributed by atoms with E-state index in [1.54, 1.807) is 6.92 Å². The standard InChI is InChI=1S/C10H10N2O5/c1-2-17-6-11-9-4-3-7(12(15)16)5-8(9)10(13)14/h3-6H,2H2,1H3,(H,13,14). The van der Waals surface area contributed by atoms with Crippen LogP contribution in [0.1, 0.15) is 17.3 Å². The van der Waals surface area contributed by atoms with Crippen LogP contribution in [0.25, 0.3) is 0 Å². The number of aromatic carboxylic acids is 1. The topological polar surface area (TPSA) is 102 Å². The summed E-state index contributed by atoms with van der Waals surface area (Å²) in [6.07, 6.45) is 1.10. The molecule has 0 fully saturated rings. The van der Waals surface area contributed by atoms with E-state index in [1.807, 2.05) is 0 Å². The lowest BCUT2D eigenvalue weighted by atomic mass is 10.1. The largest absolute Gasteiger partial charge is 0.483 e. The van der Waals surface area contributed by atoms with Crippen molar-refractivity contribution in [3.63, 3.8) is 0 Å². The molecule has 0 saturated heterocycles. The van der Waals surface area contributed by atoms with E-state index >= 15 is 0 Å². The fraction of sp³-hybridized carbons (Fsp3) is 0.200. The maximum atomic E-state index is 10.9. The molecular formula is C10H10N2O5. The van der Waals surface area contributed by atoms with Gasteiger partial charge in [0, 0.05) is 12.1 Å². The Labute approximate surface area is 96.5 Å². The first kappa shape index (κ1) is 12.6. The summed E-state index contributed by atoms with van der Waals surface area (Å²) in [6.45, 7) is 2.15. The average Bonchev–Trinajstić information content (AvgIpc) is 2.29. The van der Waals surface area contributed by atoms with Crippen LogP contribution in [0.2, 0.25) is 0 Å². The second kappa shape index (κ2) is 5.59. The van der Waals surface area contributed by atoms with Gasteiger partial charge < -0.3 is 9.84 Å². The van der Waals surface area contributed by atoms with Gasteiger partial charge in [0.1, 0.15) is 0 Å². The number of nitrogens with zero attached hydrogens (tertiary/aromatic N) is 2. The number of rotatable bonds is 5. The highest BCUT2D eigenvalue weighted by atomic mass is 16.6. The number of hydrogen-bond acceptors (Lipinski definition) is 5. The smallest absolute Gasteiger partial charge is 0.338 e. The molecule has 0 radical (unpaired) electrons. The average molecular weight is 238 g/mol. The quantitative estimate of drug-likeness (QED) is 0.365. The predicted octanol–water partition coefficient (Wildman–Crippen LogP) is 1.99. The molecule has 1 aromatic carbocycles. The lowest BCUT2D eigenvalue weighted by Gasteiger charge is -2.00. The summed E-state index contributed by atoms with van der Waals surface area (Å²) in [4.78, 5) is 24.5. The summed E-state index contributed by atoms with van der Waals surface area (Å²) in [7, 11) is 0. The Bertz CT molecular complexity index is 470. The molecule has 1 N–H and O–H groups in total. The lowest BCUT2D eigenvalue weighted by molar-refractivity contribution is -0.384. The van der Waals surface area contributed by atoms with Crippen LogP contribution in [0, 0.1) is 10.1 Å². The third kappa shape index (κ3) is 3.26. The molecule has 0 aromatic heterocycles. The van der Waals surface area contributed by atoms with E-state index in [0.29, 0.717) is 6.61 Å². The second-order valence-corrected chi connectivity index (χ2v) is 2.95. The van der Waals surface area contributed by atoms with E-state index < -0.39 is 10.9 Å². The molecular weight excluding hydrogens is 228 g/mol. The van der Waals surface area contributed by atoms with Gasteiger partial charge >= 0.3 is 5.97 Å². The molecule has 0 bridgehead atoms. The van der Waals surface area contributed by atoms with Crippen molar-refractivity contribution in [2.24, 2.45) is 4.99 Å². The minimum absolute atomic E-state index is 0.108. The predicted molar refractivity (Wildman–Crippen MR) is 59.8 cm³/mol. The van der Waals surface area contributed by atoms with Crippen LogP contribution in [0.5, 0.6) is 0 Å². The number of carboxylic acids is 1. The van der Waals surface area contributed by atoms with Crippen molar-refractivity contribution in [1.29, 1.82) is 0 Å². The van der Waals surface area contributed by atoms with Crippen LogP contribution in [-0.2, 0) is 4.74 Å². The van der Waals surface area contributed by atoms with Crippen molar-refractivity contribution >= 4 is 23.7 Å². The van der Waals surface area contributed by atoms with Crippen molar-refractivity contribution < 1.29 is 19.6 Å². The number of nitro groups is 1. The summed E-state index contributed by atoms with van der Waals surface area (Å²) in [5.74, 6) is -1.28. The second-order valence-electron chi connectivity index (χ2n) is 2.95. The molecule has 0 heterocycles. The Morgan fingerprint density at radius 2 is 2.35 bits per heavy atom. The number of ether oxygens (including phenoxy) is 1. The molecule has 0 aliphatic heterocycles. The number of aliphatic imine (C=N–C) groups is 1. The van der Waals surface area contributed by atoms with E-state index in [1.165, 1.54) is 12.1 Å². The highest BCUT2D eigenvalue weighted by molar-refractivity contribution is 5.94. The number of hydrogen-bond donors (Lipinski definition) is 1. The van der Waals surface area contributed by atoms with E-state index in [-0.39, 0.29) is 16.9 Å². The maximum Gasteiger partial charge on any atom is 0.338 e. The number of carbonyl (C=O) groups is 1. The van der Waals surface area contributed by atoms with E-state index in [4.69, 9.17) is 9.84 Å². The van der Waals surface area contributed by atoms with Gasteiger partial charge in [-0.2, -0.15) is 0 Å². The van der Waals surface area contributed by atoms with Gasteiger partial charge in [-0.25, -0.2) is 9.79 Å². The number of benzene rings is 1. The highest BCUT2D eigenvalue weighted by Gasteiger charge is 2.15. The number of carboxylic acid groups (broad SMARTS) is 1. The third-order valence-corrected chi connectivity index (χ3v) is 1.85. The molecule has 1 aromatic rings. The number of non-ortho nitro benzene ring substituents is 1. The molecule has 7 nitrogen and oxygen atoms in total. The Morgan fingerprint density at radius 1 is 1.65 bits per heavy atom. The Balaban J connectivity index is 3.13. The molecule has 0 amide bonds. The van der Waals surface area contributed by atoms with Gasteiger partial charge in [-0.1, -0.05) is 0 Å². The van der Waals surface area contributed by atoms with E-state index in [9.17, 15) is 14.9 Å². The summed E-state index contributed by atoms with van der Waals surface area (Å²) in [5.41, 5.74) is -0.426. The van der Waals surface area contributed by atoms with Gasteiger partial charge in [-0.15, -0.1) is 0 Å². The Hall–Kier alpha value is -2.44. The fourth-order valence-corrected chi connectivity index (χ4v) is 1.09. The summed E-state index contributed by atoms with van der Waals surface area (Å²) in [5, 5.41) is 19.4. The van der Waals surface area contributed by atoms with Crippen molar-refractivity contribution in [2.45, 2.75) is 6.92 Å². The first-order chi connectivity index (χ1) is 8.06. The minimum atomic E-state index is -1.28. The minimum Gasteiger partial charge on any atom is -0.483 e. The van der Waals surface area contributed by atoms with Crippen LogP contribution >= 0.6 is 0 Å². The lowest BCUT2D eigenvalue weighted by Crippen LogP contribution is -1.99. The van der Waals surface area contributed by atoms with Gasteiger partial charge in [0.25, 0.3) is 5.69 Å². The molecule has 0 atom stereocenters. The van der Waals surface area contributed by atoms with Crippen LogP contribution in [0.4, 0.5) is 11.4 Å². The zero-order chi connectivity index (χ0) is 12.8. The van der Waals surface area contributed by atoms with Gasteiger partial charge in [0.2, 0.25) is 0 Å². The Kier molecular flexibility index (Phi) is 4.15. The van der Waals surface area contributed by atoms with Gasteiger partial charge in [0.05, 0.1) is 22.8 Å². The van der Waals surface area contributed by atoms with Crippen molar-refractivity contribution in [1.82, 2.24) is 0 Å². The van der Waals surface area contributed by atoms with E-state index in [2.05, 4.69) is 4.99 Å². The van der Waals surface area contributed by atoms with Crippen molar-refractivity contribution in [3.8, 4) is 0 Å². The molecule has 0 unspecified atom stereocenters. The number of nitro benzene ring substituents is 1. The van der Waals surface area contributed by atoms with Gasteiger partial charge in [-0.3, -0.25) is 10.1 Å². The van der Waals surface area contributed by atoms with Crippen LogP contribution in [0.3, 0.4) is 0 Å². The van der Waals surface area contributed by atoms with Crippen LogP contribution in [0.15, 0.2) is 23.2 Å². The highest BCUT2D eigenvalue weighted by Crippen LogP contribution is 2.24. The summed E-state index contributed by atoms with van der Waals surface area (Å²) < 4.78 is 4.83. The molecule has 0 aliphatic rings. The molecule has 17 heavy (non-hydrogen) atoms. The van der Waals surface area contributed by atoms with Crippen LogP contribution < -0.4 is 0 Å². The van der Waals surface area contributed by atoms with Gasteiger partial charge in [0.15, 0.2) is 6.40 Å². The Morgan fingerprint density at radius 3 is 2.88 bits per heavy atom.